The summed E-state index contributed by atoms with van der Waals surface area (Å²) in [5.74, 6) is 1.29. The van der Waals surface area contributed by atoms with Gasteiger partial charge in [-0.05, 0) is 116 Å². The topological polar surface area (TPSA) is 15.7 Å². The molecule has 2 saturated heterocycles. The van der Waals surface area contributed by atoms with E-state index in [4.69, 9.17) is 0 Å². The monoisotopic (exact) mass is 552 g/mol. The Bertz CT molecular complexity index is 843. The van der Waals surface area contributed by atoms with Gasteiger partial charge in [0.25, 0.3) is 0 Å². The number of nitrogens with zero attached hydrogens (tertiary/aromatic N) is 2. The fourth-order valence-electron chi connectivity index (χ4n) is 5.05. The van der Waals surface area contributed by atoms with Crippen molar-refractivity contribution in [1.82, 2.24) is 9.80 Å². The van der Waals surface area contributed by atoms with Gasteiger partial charge in [0.05, 0.1) is 0 Å². The van der Waals surface area contributed by atoms with Crippen LogP contribution < -0.4 is 4.74 Å². The summed E-state index contributed by atoms with van der Waals surface area (Å²) in [6, 6.07) is 5.67. The lowest BCUT2D eigenvalue weighted by molar-refractivity contribution is -0.274. The molecule has 0 amide bonds. The number of rotatable bonds is 8. The van der Waals surface area contributed by atoms with Crippen LogP contribution in [-0.2, 0) is 0 Å². The second-order valence-electron chi connectivity index (χ2n) is 11.0. The van der Waals surface area contributed by atoms with Crippen molar-refractivity contribution in [2.75, 3.05) is 39.3 Å². The Balaban J connectivity index is 0.000000454. The van der Waals surface area contributed by atoms with Crippen molar-refractivity contribution in [3.63, 3.8) is 0 Å². The Morgan fingerprint density at radius 3 is 1.90 bits per heavy atom. The van der Waals surface area contributed by atoms with Crippen LogP contribution >= 0.6 is 0 Å². The molecule has 1 atom stereocenters. The molecule has 1 aromatic rings. The van der Waals surface area contributed by atoms with E-state index in [-0.39, 0.29) is 5.75 Å². The van der Waals surface area contributed by atoms with E-state index in [9.17, 15) is 13.2 Å². The molecule has 0 saturated carbocycles. The zero-order valence-electron chi connectivity index (χ0n) is 26.0. The highest BCUT2D eigenvalue weighted by Crippen LogP contribution is 2.30. The Hall–Kier alpha value is -1.79. The van der Waals surface area contributed by atoms with Crippen LogP contribution in [0.1, 0.15) is 92.6 Å². The lowest BCUT2D eigenvalue weighted by Gasteiger charge is -2.35. The summed E-state index contributed by atoms with van der Waals surface area (Å²) in [6.07, 6.45) is 6.11. The maximum Gasteiger partial charge on any atom is 0.573 e. The molecule has 3 rings (SSSR count). The number of piperidine rings is 2. The van der Waals surface area contributed by atoms with Crippen LogP contribution in [0.2, 0.25) is 0 Å². The number of benzene rings is 1. The molecule has 0 aromatic heterocycles. The number of halogens is 3. The van der Waals surface area contributed by atoms with Gasteiger partial charge in [-0.15, -0.1) is 13.2 Å². The first kappa shape index (κ1) is 35.2. The largest absolute Gasteiger partial charge is 0.573 e. The zero-order valence-corrected chi connectivity index (χ0v) is 26.0. The van der Waals surface area contributed by atoms with E-state index in [0.29, 0.717) is 5.92 Å². The SMILES string of the molecule is CC.CCC(C)/C(C)=C\C(=C(C)C)C1CCN(CCN2CCCCC2)CC1.Cc1ccc(OC(F)(F)F)cc1. The lowest BCUT2D eigenvalue weighted by Crippen LogP contribution is -2.41. The predicted molar refractivity (Wildman–Crippen MR) is 160 cm³/mol. The highest BCUT2D eigenvalue weighted by molar-refractivity contribution is 5.30. The van der Waals surface area contributed by atoms with E-state index < -0.39 is 6.36 Å². The molecule has 2 fully saturated rings. The van der Waals surface area contributed by atoms with Crippen molar-refractivity contribution in [3.05, 3.63) is 52.6 Å². The number of likely N-dealkylation sites (tertiary alicyclic amines) is 2. The van der Waals surface area contributed by atoms with Crippen molar-refractivity contribution in [3.8, 4) is 5.75 Å². The van der Waals surface area contributed by atoms with Gasteiger partial charge < -0.3 is 14.5 Å². The summed E-state index contributed by atoms with van der Waals surface area (Å²) in [4.78, 5) is 5.38. The minimum atomic E-state index is -4.60. The average Bonchev–Trinajstić information content (AvgIpc) is 2.92. The number of hydrogen-bond acceptors (Lipinski definition) is 3. The first-order valence-corrected chi connectivity index (χ1v) is 15.1. The molecule has 0 spiro atoms. The van der Waals surface area contributed by atoms with E-state index in [1.54, 1.807) is 30.2 Å². The Morgan fingerprint density at radius 2 is 1.44 bits per heavy atom. The summed E-state index contributed by atoms with van der Waals surface area (Å²) in [7, 11) is 0. The minimum Gasteiger partial charge on any atom is -0.406 e. The van der Waals surface area contributed by atoms with Crippen molar-refractivity contribution in [1.29, 1.82) is 0 Å². The van der Waals surface area contributed by atoms with E-state index in [2.05, 4.69) is 55.2 Å². The molecule has 2 aliphatic heterocycles. The number of hydrogen-bond donors (Lipinski definition) is 0. The van der Waals surface area contributed by atoms with E-state index in [0.717, 1.165) is 11.5 Å². The third kappa shape index (κ3) is 14.4. The molecule has 0 radical (unpaired) electrons. The molecule has 1 unspecified atom stereocenters. The second kappa shape index (κ2) is 18.5. The van der Waals surface area contributed by atoms with Gasteiger partial charge in [-0.3, -0.25) is 0 Å². The highest BCUT2D eigenvalue weighted by Gasteiger charge is 2.30. The second-order valence-corrected chi connectivity index (χ2v) is 11.0. The van der Waals surface area contributed by atoms with Crippen molar-refractivity contribution in [2.45, 2.75) is 100 Å². The molecule has 0 bridgehead atoms. The van der Waals surface area contributed by atoms with Gasteiger partial charge in [-0.2, -0.15) is 0 Å². The van der Waals surface area contributed by atoms with Gasteiger partial charge in [0.2, 0.25) is 0 Å². The zero-order chi connectivity index (χ0) is 29.4. The summed E-state index contributed by atoms with van der Waals surface area (Å²) in [5, 5.41) is 0. The van der Waals surface area contributed by atoms with Crippen molar-refractivity contribution in [2.24, 2.45) is 11.8 Å². The third-order valence-electron chi connectivity index (χ3n) is 7.81. The number of allylic oxidation sites excluding steroid dienone is 4. The number of alkyl halides is 3. The van der Waals surface area contributed by atoms with Gasteiger partial charge in [0, 0.05) is 13.1 Å². The normalized spacial score (nSPS) is 18.3. The Labute approximate surface area is 237 Å². The molecule has 0 aliphatic carbocycles. The van der Waals surface area contributed by atoms with Crippen LogP contribution in [0, 0.1) is 18.8 Å². The van der Waals surface area contributed by atoms with Gasteiger partial charge in [-0.1, -0.05) is 69.0 Å². The Kier molecular flexibility index (Phi) is 16.7. The van der Waals surface area contributed by atoms with Crippen LogP contribution in [0.3, 0.4) is 0 Å². The van der Waals surface area contributed by atoms with Crippen LogP contribution in [-0.4, -0.2) is 55.4 Å². The summed E-state index contributed by atoms with van der Waals surface area (Å²) >= 11 is 0. The maximum absolute atomic E-state index is 11.6. The Morgan fingerprint density at radius 1 is 0.923 bits per heavy atom. The molecular weight excluding hydrogens is 497 g/mol. The van der Waals surface area contributed by atoms with Crippen LogP contribution in [0.25, 0.3) is 0 Å². The van der Waals surface area contributed by atoms with E-state index >= 15 is 0 Å². The van der Waals surface area contributed by atoms with Gasteiger partial charge in [0.1, 0.15) is 5.75 Å². The van der Waals surface area contributed by atoms with Crippen molar-refractivity contribution < 1.29 is 17.9 Å². The summed E-state index contributed by atoms with van der Waals surface area (Å²) in [5.41, 5.74) is 5.61. The fraction of sp³-hybridized carbons (Fsp3) is 0.697. The molecule has 39 heavy (non-hydrogen) atoms. The number of ether oxygens (including phenoxy) is 1. The van der Waals surface area contributed by atoms with Crippen LogP contribution in [0.5, 0.6) is 5.75 Å². The molecule has 2 heterocycles. The van der Waals surface area contributed by atoms with Crippen LogP contribution in [0.4, 0.5) is 13.2 Å². The summed E-state index contributed by atoms with van der Waals surface area (Å²) < 4.78 is 38.5. The molecule has 6 heteroatoms. The smallest absolute Gasteiger partial charge is 0.406 e. The average molecular weight is 553 g/mol. The summed E-state index contributed by atoms with van der Waals surface area (Å²) in [6.45, 7) is 25.2. The fourth-order valence-corrected chi connectivity index (χ4v) is 5.05. The molecule has 1 aromatic carbocycles. The number of aryl methyl sites for hydroxylation is 1. The first-order valence-electron chi connectivity index (χ1n) is 15.1. The van der Waals surface area contributed by atoms with Gasteiger partial charge >= 0.3 is 6.36 Å². The maximum atomic E-state index is 11.6. The minimum absolute atomic E-state index is 0.187. The molecule has 0 N–H and O–H groups in total. The first-order chi connectivity index (χ1) is 18.5. The quantitative estimate of drug-likeness (QED) is 0.299. The molecular formula is C33H55F3N2O. The highest BCUT2D eigenvalue weighted by atomic mass is 19.4. The van der Waals surface area contributed by atoms with E-state index in [1.807, 2.05) is 13.8 Å². The van der Waals surface area contributed by atoms with E-state index in [1.165, 1.54) is 95.5 Å². The molecule has 224 valence electrons. The van der Waals surface area contributed by atoms with Crippen molar-refractivity contribution >= 4 is 0 Å². The predicted octanol–water partition coefficient (Wildman–Crippen LogP) is 9.43. The van der Waals surface area contributed by atoms with Gasteiger partial charge in [0.15, 0.2) is 0 Å². The lowest BCUT2D eigenvalue weighted by atomic mass is 9.84. The van der Waals surface area contributed by atoms with Gasteiger partial charge in [-0.25, -0.2) is 0 Å². The standard InChI is InChI=1S/C23H42N2.C8H7F3O.C2H6/c1-6-20(4)21(5)18-23(19(2)3)22-10-14-25(15-11-22)17-16-24-12-8-7-9-13-24;1-6-2-4-7(5-3-6)12-8(9,10)11;1-2/h18,20,22H,6-17H2,1-5H3;2-5H,1H3;1-2H3/b21-18-;;. The molecule has 3 nitrogen and oxygen atoms in total. The third-order valence-corrected chi connectivity index (χ3v) is 7.81. The molecule has 2 aliphatic rings. The van der Waals surface area contributed by atoms with Crippen LogP contribution in [0.15, 0.2) is 47.1 Å².